The van der Waals surface area contributed by atoms with Crippen LogP contribution in [0.15, 0.2) is 0 Å². The number of carbonyl (C=O) groups excluding carboxylic acids is 2. The Bertz CT molecular complexity index is 300. The van der Waals surface area contributed by atoms with Gasteiger partial charge in [0.15, 0.2) is 5.78 Å². The van der Waals surface area contributed by atoms with E-state index in [2.05, 4.69) is 0 Å². The third kappa shape index (κ3) is 2.16. The highest BCUT2D eigenvalue weighted by atomic mass is 16.4. The Morgan fingerprint density at radius 1 is 1.60 bits per heavy atom. The molecule has 1 aliphatic rings. The maximum Gasteiger partial charge on any atom is 0.316 e. The Hall–Kier alpha value is -1.39. The zero-order valence-electron chi connectivity index (χ0n) is 8.90. The first kappa shape index (κ1) is 11.7. The summed E-state index contributed by atoms with van der Waals surface area (Å²) in [6.07, 6.45) is 0.839. The van der Waals surface area contributed by atoms with Gasteiger partial charge in [-0.2, -0.15) is 0 Å². The molecule has 1 aliphatic heterocycles. The molecule has 0 aromatic carbocycles. The van der Waals surface area contributed by atoms with Crippen LogP contribution in [0.5, 0.6) is 0 Å². The lowest BCUT2D eigenvalue weighted by Gasteiger charge is -2.24. The predicted octanol–water partition coefficient (Wildman–Crippen LogP) is 0.287. The molecular formula is C10H15NO4. The number of amides is 1. The van der Waals surface area contributed by atoms with Gasteiger partial charge < -0.3 is 10.0 Å². The summed E-state index contributed by atoms with van der Waals surface area (Å²) >= 11 is 0. The second kappa shape index (κ2) is 4.42. The predicted molar refractivity (Wildman–Crippen MR) is 52.2 cm³/mol. The van der Waals surface area contributed by atoms with Crippen molar-refractivity contribution in [1.29, 1.82) is 0 Å². The van der Waals surface area contributed by atoms with Crippen molar-refractivity contribution in [3.8, 4) is 0 Å². The average molecular weight is 213 g/mol. The molecule has 0 saturated carbocycles. The summed E-state index contributed by atoms with van der Waals surface area (Å²) < 4.78 is 0. The SMILES string of the molecule is CCC(C(C)=O)N1CCC(C(=O)O)C1=O. The molecule has 1 fully saturated rings. The minimum absolute atomic E-state index is 0.0862. The zero-order chi connectivity index (χ0) is 11.6. The summed E-state index contributed by atoms with van der Waals surface area (Å²) in [6, 6.07) is -0.457. The van der Waals surface area contributed by atoms with E-state index in [0.29, 0.717) is 19.4 Å². The fourth-order valence-electron chi connectivity index (χ4n) is 1.97. The van der Waals surface area contributed by atoms with E-state index in [1.54, 1.807) is 0 Å². The first-order valence-corrected chi connectivity index (χ1v) is 5.02. The Labute approximate surface area is 88.1 Å². The number of carboxylic acid groups (broad SMARTS) is 1. The summed E-state index contributed by atoms with van der Waals surface area (Å²) in [5.74, 6) is -2.57. The van der Waals surface area contributed by atoms with Crippen LogP contribution < -0.4 is 0 Å². The molecule has 2 unspecified atom stereocenters. The lowest BCUT2D eigenvalue weighted by atomic mass is 10.1. The number of rotatable bonds is 4. The van der Waals surface area contributed by atoms with Gasteiger partial charge in [0.05, 0.1) is 6.04 Å². The summed E-state index contributed by atoms with van der Waals surface area (Å²) in [5.41, 5.74) is 0. The molecular weight excluding hydrogens is 198 g/mol. The summed E-state index contributed by atoms with van der Waals surface area (Å²) in [6.45, 7) is 3.61. The number of nitrogens with zero attached hydrogens (tertiary/aromatic N) is 1. The van der Waals surface area contributed by atoms with Gasteiger partial charge in [-0.3, -0.25) is 14.4 Å². The quantitative estimate of drug-likeness (QED) is 0.681. The van der Waals surface area contributed by atoms with E-state index >= 15 is 0 Å². The van der Waals surface area contributed by atoms with Gasteiger partial charge in [-0.05, 0) is 19.8 Å². The first-order valence-electron chi connectivity index (χ1n) is 5.02. The molecule has 0 radical (unpaired) electrons. The van der Waals surface area contributed by atoms with Crippen LogP contribution in [-0.2, 0) is 14.4 Å². The molecule has 0 bridgehead atoms. The molecule has 1 rings (SSSR count). The third-order valence-corrected chi connectivity index (χ3v) is 2.77. The van der Waals surface area contributed by atoms with Crippen LogP contribution in [0.4, 0.5) is 0 Å². The van der Waals surface area contributed by atoms with Gasteiger partial charge >= 0.3 is 5.97 Å². The van der Waals surface area contributed by atoms with Crippen molar-refractivity contribution in [3.05, 3.63) is 0 Å². The second-order valence-electron chi connectivity index (χ2n) is 3.75. The van der Waals surface area contributed by atoms with Crippen LogP contribution in [-0.4, -0.2) is 40.3 Å². The van der Waals surface area contributed by atoms with E-state index in [4.69, 9.17) is 5.11 Å². The third-order valence-electron chi connectivity index (χ3n) is 2.77. The highest BCUT2D eigenvalue weighted by Gasteiger charge is 2.40. The van der Waals surface area contributed by atoms with Crippen molar-refractivity contribution in [2.24, 2.45) is 5.92 Å². The van der Waals surface area contributed by atoms with Gasteiger partial charge in [0.25, 0.3) is 0 Å². The number of aliphatic carboxylic acids is 1. The lowest BCUT2D eigenvalue weighted by Crippen LogP contribution is -2.42. The van der Waals surface area contributed by atoms with Crippen LogP contribution in [0.3, 0.4) is 0 Å². The van der Waals surface area contributed by atoms with Crippen LogP contribution in [0.25, 0.3) is 0 Å². The standard InChI is InChI=1S/C10H15NO4/c1-3-8(6(2)12)11-5-4-7(9(11)13)10(14)15/h7-8H,3-5H2,1-2H3,(H,14,15). The Morgan fingerprint density at radius 2 is 2.20 bits per heavy atom. The Morgan fingerprint density at radius 3 is 2.53 bits per heavy atom. The number of carbonyl (C=O) groups is 3. The van der Waals surface area contributed by atoms with Gasteiger partial charge in [0.1, 0.15) is 5.92 Å². The van der Waals surface area contributed by atoms with Crippen molar-refractivity contribution < 1.29 is 19.5 Å². The fourth-order valence-corrected chi connectivity index (χ4v) is 1.97. The van der Waals surface area contributed by atoms with Gasteiger partial charge in [0, 0.05) is 6.54 Å². The molecule has 2 atom stereocenters. The first-order chi connectivity index (χ1) is 6.99. The highest BCUT2D eigenvalue weighted by molar-refractivity contribution is 6.00. The van der Waals surface area contributed by atoms with Crippen molar-refractivity contribution in [2.75, 3.05) is 6.54 Å². The molecule has 0 aromatic heterocycles. The Balaban J connectivity index is 2.78. The average Bonchev–Trinajstić information content (AvgIpc) is 2.49. The minimum atomic E-state index is -1.10. The number of Topliss-reactive ketones (excluding diaryl/α,β-unsaturated/α-hetero) is 1. The summed E-state index contributed by atoms with van der Waals surface area (Å²) in [5, 5.41) is 8.76. The molecule has 1 heterocycles. The molecule has 5 nitrogen and oxygen atoms in total. The topological polar surface area (TPSA) is 74.7 Å². The molecule has 1 saturated heterocycles. The molecule has 1 amide bonds. The molecule has 5 heteroatoms. The van der Waals surface area contributed by atoms with Crippen LogP contribution in [0.2, 0.25) is 0 Å². The van der Waals surface area contributed by atoms with E-state index in [9.17, 15) is 14.4 Å². The van der Waals surface area contributed by atoms with Gasteiger partial charge in [-0.1, -0.05) is 6.92 Å². The summed E-state index contributed by atoms with van der Waals surface area (Å²) in [7, 11) is 0. The second-order valence-corrected chi connectivity index (χ2v) is 3.75. The number of likely N-dealkylation sites (tertiary alicyclic amines) is 1. The highest BCUT2D eigenvalue weighted by Crippen LogP contribution is 2.22. The number of ketones is 1. The molecule has 15 heavy (non-hydrogen) atoms. The van der Waals surface area contributed by atoms with Crippen molar-refractivity contribution >= 4 is 17.7 Å². The molecule has 1 N–H and O–H groups in total. The van der Waals surface area contributed by atoms with E-state index < -0.39 is 23.8 Å². The lowest BCUT2D eigenvalue weighted by molar-refractivity contribution is -0.149. The maximum atomic E-state index is 11.6. The van der Waals surface area contributed by atoms with Crippen molar-refractivity contribution in [1.82, 2.24) is 4.90 Å². The van der Waals surface area contributed by atoms with Crippen molar-refractivity contribution in [2.45, 2.75) is 32.7 Å². The van der Waals surface area contributed by atoms with Crippen LogP contribution in [0, 0.1) is 5.92 Å². The largest absolute Gasteiger partial charge is 0.481 e. The molecule has 0 spiro atoms. The smallest absolute Gasteiger partial charge is 0.316 e. The van der Waals surface area contributed by atoms with E-state index in [1.807, 2.05) is 6.92 Å². The monoisotopic (exact) mass is 213 g/mol. The normalized spacial score (nSPS) is 22.9. The molecule has 0 aromatic rings. The van der Waals surface area contributed by atoms with Crippen molar-refractivity contribution in [3.63, 3.8) is 0 Å². The number of hydrogen-bond acceptors (Lipinski definition) is 3. The number of hydrogen-bond donors (Lipinski definition) is 1. The zero-order valence-corrected chi connectivity index (χ0v) is 8.90. The van der Waals surface area contributed by atoms with Gasteiger partial charge in [-0.25, -0.2) is 0 Å². The molecule has 84 valence electrons. The molecule has 0 aliphatic carbocycles. The van der Waals surface area contributed by atoms with E-state index in [-0.39, 0.29) is 5.78 Å². The van der Waals surface area contributed by atoms with Gasteiger partial charge in [0.2, 0.25) is 5.91 Å². The van der Waals surface area contributed by atoms with E-state index in [0.717, 1.165) is 0 Å². The number of carboxylic acids is 1. The van der Waals surface area contributed by atoms with E-state index in [1.165, 1.54) is 11.8 Å². The fraction of sp³-hybridized carbons (Fsp3) is 0.700. The van der Waals surface area contributed by atoms with Crippen LogP contribution >= 0.6 is 0 Å². The van der Waals surface area contributed by atoms with Crippen LogP contribution in [0.1, 0.15) is 26.7 Å². The minimum Gasteiger partial charge on any atom is -0.481 e. The van der Waals surface area contributed by atoms with Gasteiger partial charge in [-0.15, -0.1) is 0 Å². The maximum absolute atomic E-state index is 11.6. The summed E-state index contributed by atoms with van der Waals surface area (Å²) in [4.78, 5) is 35.0. The Kier molecular flexibility index (Phi) is 3.44.